The zero-order chi connectivity index (χ0) is 12.1. The highest BCUT2D eigenvalue weighted by Gasteiger charge is 2.23. The van der Waals surface area contributed by atoms with E-state index in [4.69, 9.17) is 4.74 Å². The topological polar surface area (TPSA) is 21.3 Å². The van der Waals surface area contributed by atoms with Gasteiger partial charge in [0.1, 0.15) is 5.75 Å². The van der Waals surface area contributed by atoms with E-state index in [-0.39, 0.29) is 0 Å². The predicted octanol–water partition coefficient (Wildman–Crippen LogP) is 3.33. The van der Waals surface area contributed by atoms with E-state index in [1.165, 1.54) is 24.8 Å². The van der Waals surface area contributed by atoms with Crippen LogP contribution in [-0.2, 0) is 0 Å². The second kappa shape index (κ2) is 6.06. The van der Waals surface area contributed by atoms with Crippen molar-refractivity contribution in [1.82, 2.24) is 5.32 Å². The molecule has 2 nitrogen and oxygen atoms in total. The molecule has 2 rings (SSSR count). The number of nitrogens with one attached hydrogen (secondary N) is 1. The summed E-state index contributed by atoms with van der Waals surface area (Å²) in [5, 5.41) is 3.67. The molecule has 0 aliphatic carbocycles. The van der Waals surface area contributed by atoms with Gasteiger partial charge in [0, 0.05) is 24.1 Å². The SMILES string of the molecule is CCCC(CC)NCC1COc2ccccc21. The first-order chi connectivity index (χ1) is 8.35. The largest absolute Gasteiger partial charge is 0.493 e. The minimum atomic E-state index is 0.525. The number of hydrogen-bond acceptors (Lipinski definition) is 2. The Morgan fingerprint density at radius 3 is 2.94 bits per heavy atom. The number of ether oxygens (including phenoxy) is 1. The number of benzene rings is 1. The van der Waals surface area contributed by atoms with Crippen LogP contribution in [0.2, 0.25) is 0 Å². The maximum absolute atomic E-state index is 5.70. The summed E-state index contributed by atoms with van der Waals surface area (Å²) in [5.41, 5.74) is 1.37. The Balaban J connectivity index is 1.89. The standard InChI is InChI=1S/C15H23NO/c1-3-7-13(4-2)16-10-12-11-17-15-9-6-5-8-14(12)15/h5-6,8-9,12-13,16H,3-4,7,10-11H2,1-2H3. The first kappa shape index (κ1) is 12.4. The Kier molecular flexibility index (Phi) is 4.43. The van der Waals surface area contributed by atoms with E-state index < -0.39 is 0 Å². The Morgan fingerprint density at radius 2 is 2.18 bits per heavy atom. The van der Waals surface area contributed by atoms with Crippen LogP contribution >= 0.6 is 0 Å². The molecule has 1 aromatic rings. The van der Waals surface area contributed by atoms with Gasteiger partial charge in [-0.15, -0.1) is 0 Å². The van der Waals surface area contributed by atoms with E-state index in [1.807, 2.05) is 6.07 Å². The second-order valence-electron chi connectivity index (χ2n) is 4.85. The Labute approximate surface area is 104 Å². The molecule has 1 aliphatic rings. The molecule has 1 aliphatic heterocycles. The molecule has 0 amide bonds. The van der Waals surface area contributed by atoms with Gasteiger partial charge in [0.2, 0.25) is 0 Å². The average Bonchev–Trinajstić information content (AvgIpc) is 2.78. The lowest BCUT2D eigenvalue weighted by Crippen LogP contribution is -2.32. The molecule has 17 heavy (non-hydrogen) atoms. The number of fused-ring (bicyclic) bond motifs is 1. The summed E-state index contributed by atoms with van der Waals surface area (Å²) in [5.74, 6) is 1.60. The number of rotatable bonds is 6. The smallest absolute Gasteiger partial charge is 0.122 e. The highest BCUT2D eigenvalue weighted by atomic mass is 16.5. The third kappa shape index (κ3) is 3.01. The van der Waals surface area contributed by atoms with Crippen LogP contribution in [0.1, 0.15) is 44.6 Å². The third-order valence-electron chi connectivity index (χ3n) is 3.58. The summed E-state index contributed by atoms with van der Waals surface area (Å²) < 4.78 is 5.70. The lowest BCUT2D eigenvalue weighted by atomic mass is 10.0. The minimum Gasteiger partial charge on any atom is -0.493 e. The van der Waals surface area contributed by atoms with Crippen molar-refractivity contribution in [3.8, 4) is 5.75 Å². The predicted molar refractivity (Wildman–Crippen MR) is 71.7 cm³/mol. The van der Waals surface area contributed by atoms with E-state index >= 15 is 0 Å². The molecule has 0 saturated heterocycles. The summed E-state index contributed by atoms with van der Waals surface area (Å²) in [4.78, 5) is 0. The van der Waals surface area contributed by atoms with Crippen molar-refractivity contribution in [2.45, 2.75) is 45.1 Å². The molecule has 0 saturated carbocycles. The van der Waals surface area contributed by atoms with Gasteiger partial charge in [-0.3, -0.25) is 0 Å². The third-order valence-corrected chi connectivity index (χ3v) is 3.58. The van der Waals surface area contributed by atoms with Crippen LogP contribution in [0, 0.1) is 0 Å². The van der Waals surface area contributed by atoms with E-state index in [9.17, 15) is 0 Å². The molecule has 1 aromatic carbocycles. The first-order valence-corrected chi connectivity index (χ1v) is 6.80. The zero-order valence-electron chi connectivity index (χ0n) is 10.9. The quantitative estimate of drug-likeness (QED) is 0.813. The van der Waals surface area contributed by atoms with Gasteiger partial charge in [-0.1, -0.05) is 38.5 Å². The highest BCUT2D eigenvalue weighted by Crippen LogP contribution is 2.32. The summed E-state index contributed by atoms with van der Waals surface area (Å²) in [6.45, 7) is 6.37. The van der Waals surface area contributed by atoms with Gasteiger partial charge in [0.05, 0.1) is 6.61 Å². The molecular formula is C15H23NO. The summed E-state index contributed by atoms with van der Waals surface area (Å²) in [6, 6.07) is 9.06. The monoisotopic (exact) mass is 233 g/mol. The molecule has 2 unspecified atom stereocenters. The summed E-state index contributed by atoms with van der Waals surface area (Å²) >= 11 is 0. The van der Waals surface area contributed by atoms with Crippen molar-refractivity contribution >= 4 is 0 Å². The molecule has 1 N–H and O–H groups in total. The minimum absolute atomic E-state index is 0.525. The molecule has 1 heterocycles. The normalized spacial score (nSPS) is 19.8. The highest BCUT2D eigenvalue weighted by molar-refractivity contribution is 5.39. The van der Waals surface area contributed by atoms with E-state index in [0.717, 1.165) is 18.9 Å². The van der Waals surface area contributed by atoms with Crippen molar-refractivity contribution in [1.29, 1.82) is 0 Å². The fourth-order valence-corrected chi connectivity index (χ4v) is 2.51. The van der Waals surface area contributed by atoms with Crippen LogP contribution < -0.4 is 10.1 Å². The number of para-hydroxylation sites is 1. The Hall–Kier alpha value is -1.02. The van der Waals surface area contributed by atoms with Gasteiger partial charge in [-0.05, 0) is 18.9 Å². The molecule has 0 fully saturated rings. The lowest BCUT2D eigenvalue weighted by Gasteiger charge is -2.18. The lowest BCUT2D eigenvalue weighted by molar-refractivity contribution is 0.319. The van der Waals surface area contributed by atoms with Gasteiger partial charge in [0.15, 0.2) is 0 Å². The van der Waals surface area contributed by atoms with Crippen LogP contribution in [0.25, 0.3) is 0 Å². The van der Waals surface area contributed by atoms with Crippen molar-refractivity contribution < 1.29 is 4.74 Å². The maximum Gasteiger partial charge on any atom is 0.122 e. The van der Waals surface area contributed by atoms with Crippen LogP contribution in [-0.4, -0.2) is 19.2 Å². The Morgan fingerprint density at radius 1 is 1.35 bits per heavy atom. The molecule has 2 atom stereocenters. The van der Waals surface area contributed by atoms with Crippen molar-refractivity contribution in [3.63, 3.8) is 0 Å². The van der Waals surface area contributed by atoms with Gasteiger partial charge in [-0.25, -0.2) is 0 Å². The summed E-state index contributed by atoms with van der Waals surface area (Å²) in [7, 11) is 0. The van der Waals surface area contributed by atoms with Crippen molar-refractivity contribution in [3.05, 3.63) is 29.8 Å². The molecule has 2 heteroatoms. The molecule has 0 spiro atoms. The van der Waals surface area contributed by atoms with E-state index in [0.29, 0.717) is 12.0 Å². The molecular weight excluding hydrogens is 210 g/mol. The van der Waals surface area contributed by atoms with Gasteiger partial charge in [0.25, 0.3) is 0 Å². The molecule has 0 aromatic heterocycles. The Bertz CT molecular complexity index is 351. The fourth-order valence-electron chi connectivity index (χ4n) is 2.51. The zero-order valence-corrected chi connectivity index (χ0v) is 10.9. The summed E-state index contributed by atoms with van der Waals surface area (Å²) in [6.07, 6.45) is 3.73. The van der Waals surface area contributed by atoms with Crippen LogP contribution in [0.3, 0.4) is 0 Å². The molecule has 0 bridgehead atoms. The van der Waals surface area contributed by atoms with Crippen LogP contribution in [0.4, 0.5) is 0 Å². The fraction of sp³-hybridized carbons (Fsp3) is 0.600. The van der Waals surface area contributed by atoms with Gasteiger partial charge >= 0.3 is 0 Å². The van der Waals surface area contributed by atoms with Gasteiger partial charge < -0.3 is 10.1 Å². The van der Waals surface area contributed by atoms with E-state index in [1.54, 1.807) is 0 Å². The maximum atomic E-state index is 5.70. The molecule has 94 valence electrons. The molecule has 0 radical (unpaired) electrons. The number of hydrogen-bond donors (Lipinski definition) is 1. The van der Waals surface area contributed by atoms with Crippen molar-refractivity contribution in [2.75, 3.05) is 13.2 Å². The van der Waals surface area contributed by atoms with E-state index in [2.05, 4.69) is 37.4 Å². The van der Waals surface area contributed by atoms with Crippen LogP contribution in [0.5, 0.6) is 5.75 Å². The first-order valence-electron chi connectivity index (χ1n) is 6.80. The second-order valence-corrected chi connectivity index (χ2v) is 4.85. The van der Waals surface area contributed by atoms with Crippen molar-refractivity contribution in [2.24, 2.45) is 0 Å². The average molecular weight is 233 g/mol. The van der Waals surface area contributed by atoms with Crippen LogP contribution in [0.15, 0.2) is 24.3 Å². The van der Waals surface area contributed by atoms with Gasteiger partial charge in [-0.2, -0.15) is 0 Å².